The molecule has 0 radical (unpaired) electrons. The Kier molecular flexibility index (Phi) is 11.2. The van der Waals surface area contributed by atoms with Gasteiger partial charge in [0.15, 0.2) is 0 Å². The fourth-order valence-corrected chi connectivity index (χ4v) is 3.95. The first-order valence-electron chi connectivity index (χ1n) is 12.2. The molecule has 0 fully saturated rings. The number of hydrogen-bond donors (Lipinski definition) is 1. The first-order chi connectivity index (χ1) is 16.1. The van der Waals surface area contributed by atoms with Crippen molar-refractivity contribution >= 4 is 36.1 Å². The number of aromatic nitrogens is 3. The maximum absolute atomic E-state index is 5.42. The van der Waals surface area contributed by atoms with Gasteiger partial charge in [-0.05, 0) is 48.6 Å². The van der Waals surface area contributed by atoms with Crippen molar-refractivity contribution in [3.8, 4) is 17.0 Å². The summed E-state index contributed by atoms with van der Waals surface area (Å²) in [7, 11) is 5.32. The maximum Gasteiger partial charge on any atom is 0.137 e. The summed E-state index contributed by atoms with van der Waals surface area (Å²) in [6.45, 7) is 11.4. The number of ether oxygens (including phenoxy) is 1. The fourth-order valence-electron chi connectivity index (χ4n) is 3.78. The highest BCUT2D eigenvalue weighted by Gasteiger charge is 2.14. The van der Waals surface area contributed by atoms with Gasteiger partial charge in [0, 0.05) is 46.5 Å². The Morgan fingerprint density at radius 2 is 1.79 bits per heavy atom. The van der Waals surface area contributed by atoms with Crippen LogP contribution in [0.3, 0.4) is 0 Å². The first kappa shape index (κ1) is 26.7. The van der Waals surface area contributed by atoms with E-state index in [9.17, 15) is 0 Å². The quantitative estimate of drug-likeness (QED) is 0.209. The maximum atomic E-state index is 5.42. The highest BCUT2D eigenvalue weighted by Crippen LogP contribution is 2.34. The predicted molar refractivity (Wildman–Crippen MR) is 148 cm³/mol. The number of pyridine rings is 1. The molecule has 0 amide bonds. The highest BCUT2D eigenvalue weighted by molar-refractivity contribution is 7.20. The van der Waals surface area contributed by atoms with Crippen LogP contribution in [0.15, 0.2) is 48.8 Å². The molecular weight excluding hydrogens is 425 g/mol. The van der Waals surface area contributed by atoms with Crippen LogP contribution in [0.5, 0.6) is 5.75 Å². The van der Waals surface area contributed by atoms with Crippen LogP contribution in [-0.2, 0) is 6.54 Å². The summed E-state index contributed by atoms with van der Waals surface area (Å²) in [5.74, 6) is 0.856. The van der Waals surface area contributed by atoms with E-state index in [4.69, 9.17) is 4.74 Å². The Balaban J connectivity index is 0.000000370. The zero-order chi connectivity index (χ0) is 24.2. The van der Waals surface area contributed by atoms with Crippen LogP contribution >= 0.6 is 8.86 Å². The van der Waals surface area contributed by atoms with Crippen LogP contribution in [0.2, 0.25) is 0 Å². The molecule has 0 spiro atoms. The lowest BCUT2D eigenvalue weighted by molar-refractivity contribution is 0.415. The molecule has 4 nitrogen and oxygen atoms in total. The van der Waals surface area contributed by atoms with Crippen LogP contribution in [-0.4, -0.2) is 26.9 Å². The van der Waals surface area contributed by atoms with E-state index >= 15 is 0 Å². The zero-order valence-electron chi connectivity index (χ0n) is 21.2. The number of rotatable bonds is 8. The minimum absolute atomic E-state index is 0.818. The fraction of sp³-hybridized carbons (Fsp3) is 0.429. The molecule has 5 heteroatoms. The second-order valence-electron chi connectivity index (χ2n) is 8.02. The molecule has 0 unspecified atom stereocenters. The Hall–Kier alpha value is -2.58. The molecule has 3 heterocycles. The van der Waals surface area contributed by atoms with E-state index in [2.05, 4.69) is 74.6 Å². The lowest BCUT2D eigenvalue weighted by atomic mass is 10.1. The molecule has 33 heavy (non-hydrogen) atoms. The van der Waals surface area contributed by atoms with Crippen LogP contribution in [0.1, 0.15) is 66.7 Å². The van der Waals surface area contributed by atoms with E-state index in [1.165, 1.54) is 42.9 Å². The molecule has 4 rings (SSSR count). The van der Waals surface area contributed by atoms with Gasteiger partial charge in [0.2, 0.25) is 0 Å². The molecule has 0 aliphatic rings. The molecule has 0 aliphatic heterocycles. The molecule has 178 valence electrons. The van der Waals surface area contributed by atoms with Crippen molar-refractivity contribution in [1.29, 1.82) is 0 Å². The SMILES string of the molecule is CC.CCCCCCC.COc1ccc2c(c1)c(-c1cc3cccnc3[nH]1)cn2CC(C)=P. The minimum atomic E-state index is 0.818. The van der Waals surface area contributed by atoms with Crippen molar-refractivity contribution in [2.75, 3.05) is 7.11 Å². The van der Waals surface area contributed by atoms with Crippen LogP contribution in [0.4, 0.5) is 0 Å². The summed E-state index contributed by atoms with van der Waals surface area (Å²) in [6, 6.07) is 12.4. The third kappa shape index (κ3) is 7.20. The van der Waals surface area contributed by atoms with E-state index in [-0.39, 0.29) is 0 Å². The summed E-state index contributed by atoms with van der Waals surface area (Å²) in [5, 5.41) is 3.44. The van der Waals surface area contributed by atoms with Crippen molar-refractivity contribution < 1.29 is 4.74 Å². The number of fused-ring (bicyclic) bond motifs is 2. The summed E-state index contributed by atoms with van der Waals surface area (Å²) >= 11 is 0. The number of benzene rings is 1. The van der Waals surface area contributed by atoms with Gasteiger partial charge < -0.3 is 14.3 Å². The second-order valence-corrected chi connectivity index (χ2v) is 8.87. The highest BCUT2D eigenvalue weighted by atomic mass is 31.0. The molecule has 0 bridgehead atoms. The average Bonchev–Trinajstić information content (AvgIpc) is 3.42. The summed E-state index contributed by atoms with van der Waals surface area (Å²) in [6.07, 6.45) is 11.0. The molecule has 1 aromatic carbocycles. The molecule has 0 aliphatic carbocycles. The number of nitrogens with one attached hydrogen (secondary N) is 1. The van der Waals surface area contributed by atoms with Gasteiger partial charge in [-0.25, -0.2) is 4.98 Å². The standard InChI is InChI=1S/C19H18N3OP.C7H16.C2H6/c1-12(24)10-22-11-16(15-9-14(23-2)5-6-18(15)22)17-8-13-4-3-7-20-19(13)21-17;1-3-5-7-6-4-2;1-2/h3-9,11,24H,10H2,1-2H3,(H,20,21);3-7H2,1-2H3;1-2H3. The topological polar surface area (TPSA) is 42.8 Å². The molecular formula is C28H40N3OP. The van der Waals surface area contributed by atoms with Gasteiger partial charge in [-0.15, -0.1) is 8.86 Å². The van der Waals surface area contributed by atoms with Gasteiger partial charge in [0.05, 0.1) is 7.11 Å². The van der Waals surface area contributed by atoms with E-state index in [0.29, 0.717) is 0 Å². The van der Waals surface area contributed by atoms with Gasteiger partial charge in [-0.1, -0.05) is 59.8 Å². The van der Waals surface area contributed by atoms with E-state index in [0.717, 1.165) is 40.0 Å². The Bertz CT molecular complexity index is 1110. The molecule has 4 aromatic rings. The lowest BCUT2D eigenvalue weighted by Gasteiger charge is -2.05. The molecule has 0 saturated heterocycles. The van der Waals surface area contributed by atoms with Gasteiger partial charge >= 0.3 is 0 Å². The summed E-state index contributed by atoms with van der Waals surface area (Å²) < 4.78 is 7.66. The lowest BCUT2D eigenvalue weighted by Crippen LogP contribution is -2.02. The van der Waals surface area contributed by atoms with Gasteiger partial charge in [-0.2, -0.15) is 0 Å². The smallest absolute Gasteiger partial charge is 0.137 e. The van der Waals surface area contributed by atoms with Crippen molar-refractivity contribution in [2.45, 2.75) is 73.3 Å². The van der Waals surface area contributed by atoms with Crippen molar-refractivity contribution in [2.24, 2.45) is 0 Å². The second kappa shape index (κ2) is 13.9. The number of nitrogens with zero attached hydrogens (tertiary/aromatic N) is 2. The number of methoxy groups -OCH3 is 1. The Labute approximate surface area is 201 Å². The van der Waals surface area contributed by atoms with Gasteiger partial charge in [0.1, 0.15) is 11.4 Å². The molecule has 0 atom stereocenters. The minimum Gasteiger partial charge on any atom is -0.497 e. The number of H-pyrrole nitrogens is 1. The van der Waals surface area contributed by atoms with E-state index < -0.39 is 0 Å². The van der Waals surface area contributed by atoms with Crippen molar-refractivity contribution in [3.05, 3.63) is 48.8 Å². The van der Waals surface area contributed by atoms with Crippen LogP contribution in [0.25, 0.3) is 33.2 Å². The molecule has 1 N–H and O–H groups in total. The van der Waals surface area contributed by atoms with Crippen LogP contribution < -0.4 is 4.74 Å². The normalized spacial score (nSPS) is 10.4. The molecule has 0 saturated carbocycles. The average molecular weight is 466 g/mol. The number of unbranched alkanes of at least 4 members (excludes halogenated alkanes) is 4. The Morgan fingerprint density at radius 1 is 1.06 bits per heavy atom. The van der Waals surface area contributed by atoms with E-state index in [1.807, 2.05) is 26.0 Å². The van der Waals surface area contributed by atoms with Crippen molar-refractivity contribution in [1.82, 2.24) is 14.5 Å². The molecule has 3 aromatic heterocycles. The predicted octanol–water partition coefficient (Wildman–Crippen LogP) is 8.53. The number of aromatic amines is 1. The zero-order valence-corrected chi connectivity index (χ0v) is 22.2. The van der Waals surface area contributed by atoms with Gasteiger partial charge in [-0.3, -0.25) is 0 Å². The third-order valence-electron chi connectivity index (χ3n) is 5.38. The first-order valence-corrected chi connectivity index (χ1v) is 12.7. The number of hydrogen-bond acceptors (Lipinski definition) is 2. The monoisotopic (exact) mass is 465 g/mol. The largest absolute Gasteiger partial charge is 0.497 e. The Morgan fingerprint density at radius 3 is 2.39 bits per heavy atom. The summed E-state index contributed by atoms with van der Waals surface area (Å²) in [4.78, 5) is 7.82. The summed E-state index contributed by atoms with van der Waals surface area (Å²) in [5.41, 5.74) is 4.29. The van der Waals surface area contributed by atoms with E-state index in [1.54, 1.807) is 13.3 Å². The van der Waals surface area contributed by atoms with Crippen molar-refractivity contribution in [3.63, 3.8) is 0 Å². The van der Waals surface area contributed by atoms with Crippen LogP contribution in [0, 0.1) is 0 Å². The third-order valence-corrected chi connectivity index (χ3v) is 5.54. The van der Waals surface area contributed by atoms with Gasteiger partial charge in [0.25, 0.3) is 0 Å².